The number of ether oxygens (including phenoxy) is 1. The van der Waals surface area contributed by atoms with Crippen molar-refractivity contribution in [2.75, 3.05) is 7.11 Å². The van der Waals surface area contributed by atoms with E-state index in [-0.39, 0.29) is 30.0 Å². The van der Waals surface area contributed by atoms with Crippen LogP contribution in [0.4, 0.5) is 0 Å². The van der Waals surface area contributed by atoms with Gasteiger partial charge in [-0.3, -0.25) is 4.79 Å². The average Bonchev–Trinajstić information content (AvgIpc) is 3.08. The summed E-state index contributed by atoms with van der Waals surface area (Å²) in [5.41, 5.74) is 7.64. The van der Waals surface area contributed by atoms with Gasteiger partial charge in [0.05, 0.1) is 25.3 Å². The molecular weight excluding hydrogens is 544 g/mol. The number of amides is 1. The van der Waals surface area contributed by atoms with E-state index < -0.39 is 5.97 Å². The van der Waals surface area contributed by atoms with E-state index in [2.05, 4.69) is 76.6 Å². The number of nitrogens with zero attached hydrogens (tertiary/aromatic N) is 2. The number of aromatic nitrogens is 1. The second kappa shape index (κ2) is 13.5. The van der Waals surface area contributed by atoms with E-state index in [1.165, 1.54) is 23.8 Å². The van der Waals surface area contributed by atoms with Crippen molar-refractivity contribution in [3.8, 4) is 11.3 Å². The third-order valence-corrected chi connectivity index (χ3v) is 8.52. The molecule has 0 saturated heterocycles. The third-order valence-electron chi connectivity index (χ3n) is 8.52. The summed E-state index contributed by atoms with van der Waals surface area (Å²) in [6.07, 6.45) is 3.20. The summed E-state index contributed by atoms with van der Waals surface area (Å²) in [5, 5.41) is 0. The molecule has 4 aromatic carbocycles. The fourth-order valence-corrected chi connectivity index (χ4v) is 6.41. The molecule has 6 rings (SSSR count). The van der Waals surface area contributed by atoms with Crippen LogP contribution in [0, 0.1) is 5.92 Å². The zero-order valence-corrected chi connectivity index (χ0v) is 24.9. The summed E-state index contributed by atoms with van der Waals surface area (Å²) in [5.74, 6) is -0.105. The van der Waals surface area contributed by atoms with Crippen molar-refractivity contribution in [3.63, 3.8) is 0 Å². The van der Waals surface area contributed by atoms with E-state index >= 15 is 0 Å². The van der Waals surface area contributed by atoms with Crippen LogP contribution in [0.5, 0.6) is 0 Å². The highest BCUT2D eigenvalue weighted by Gasteiger charge is 2.36. The van der Waals surface area contributed by atoms with Gasteiger partial charge >= 0.3 is 5.97 Å². The monoisotopic (exact) mass is 580 g/mol. The Morgan fingerprint density at radius 1 is 0.773 bits per heavy atom. The molecular formula is C39H36N2O3. The smallest absolute Gasteiger partial charge is 0.356 e. The van der Waals surface area contributed by atoms with E-state index in [0.29, 0.717) is 12.2 Å². The van der Waals surface area contributed by atoms with Gasteiger partial charge in [0.2, 0.25) is 5.91 Å². The van der Waals surface area contributed by atoms with Gasteiger partial charge in [-0.05, 0) is 71.2 Å². The lowest BCUT2D eigenvalue weighted by Gasteiger charge is -2.42. The topological polar surface area (TPSA) is 59.5 Å². The first-order chi connectivity index (χ1) is 21.6. The molecule has 5 heteroatoms. The molecule has 1 heterocycles. The van der Waals surface area contributed by atoms with Crippen molar-refractivity contribution in [2.45, 2.75) is 38.3 Å². The van der Waals surface area contributed by atoms with Gasteiger partial charge in [0.1, 0.15) is 5.69 Å². The Labute approximate surface area is 259 Å². The highest BCUT2D eigenvalue weighted by atomic mass is 16.5. The molecule has 2 unspecified atom stereocenters. The standard InChI is InChI=1S/C39H36N2O3/c1-44-39(43)36-21-11-20-35(40-36)32-18-10-16-30(25-32)26-37(42)41(27-29-14-6-3-7-15-29)38-33(24-28-12-4-2-5-13-28)23-22-31-17-8-9-19-34(31)38/h2-21,25,33,38H,22-24,26-27H2,1H3. The van der Waals surface area contributed by atoms with Crippen LogP contribution in [-0.2, 0) is 35.3 Å². The maximum Gasteiger partial charge on any atom is 0.356 e. The zero-order chi connectivity index (χ0) is 30.3. The van der Waals surface area contributed by atoms with Gasteiger partial charge in [0.25, 0.3) is 0 Å². The molecule has 0 spiro atoms. The second-order valence-electron chi connectivity index (χ2n) is 11.4. The highest BCUT2D eigenvalue weighted by Crippen LogP contribution is 2.41. The third kappa shape index (κ3) is 6.63. The number of hydrogen-bond acceptors (Lipinski definition) is 4. The SMILES string of the molecule is COC(=O)c1cccc(-c2cccc(CC(=O)N(Cc3ccccc3)C3c4ccccc4CCC3Cc3ccccc3)c2)n1. The van der Waals surface area contributed by atoms with Crippen molar-refractivity contribution >= 4 is 11.9 Å². The molecule has 1 aliphatic rings. The van der Waals surface area contributed by atoms with Crippen molar-refractivity contribution < 1.29 is 14.3 Å². The number of benzene rings is 4. The molecule has 0 aliphatic heterocycles. The van der Waals surface area contributed by atoms with E-state index in [9.17, 15) is 9.59 Å². The molecule has 5 nitrogen and oxygen atoms in total. The summed E-state index contributed by atoms with van der Waals surface area (Å²) in [7, 11) is 1.35. The molecule has 5 aromatic rings. The van der Waals surface area contributed by atoms with Crippen molar-refractivity contribution in [2.24, 2.45) is 5.92 Å². The predicted octanol–water partition coefficient (Wildman–Crippen LogP) is 7.65. The van der Waals surface area contributed by atoms with Crippen LogP contribution in [-0.4, -0.2) is 28.9 Å². The molecule has 0 fully saturated rings. The molecule has 220 valence electrons. The number of carbonyl (C=O) groups excluding carboxylic acids is 2. The number of esters is 1. The lowest BCUT2D eigenvalue weighted by Crippen LogP contribution is -2.41. The van der Waals surface area contributed by atoms with Crippen LogP contribution in [0.2, 0.25) is 0 Å². The lowest BCUT2D eigenvalue weighted by atomic mass is 9.76. The molecule has 1 aromatic heterocycles. The van der Waals surface area contributed by atoms with Gasteiger partial charge in [-0.25, -0.2) is 9.78 Å². The van der Waals surface area contributed by atoms with Gasteiger partial charge in [-0.15, -0.1) is 0 Å². The Bertz CT molecular complexity index is 1740. The molecule has 0 N–H and O–H groups in total. The zero-order valence-electron chi connectivity index (χ0n) is 24.9. The highest BCUT2D eigenvalue weighted by molar-refractivity contribution is 5.88. The van der Waals surface area contributed by atoms with Crippen LogP contribution in [0.3, 0.4) is 0 Å². The minimum atomic E-state index is -0.479. The van der Waals surface area contributed by atoms with Crippen LogP contribution >= 0.6 is 0 Å². The number of carbonyl (C=O) groups is 2. The summed E-state index contributed by atoms with van der Waals surface area (Å²) >= 11 is 0. The number of fused-ring (bicyclic) bond motifs is 1. The fraction of sp³-hybridized carbons (Fsp3) is 0.205. The van der Waals surface area contributed by atoms with E-state index in [4.69, 9.17) is 4.74 Å². The number of rotatable bonds is 9. The first-order valence-electron chi connectivity index (χ1n) is 15.2. The van der Waals surface area contributed by atoms with Gasteiger partial charge in [0, 0.05) is 12.1 Å². The van der Waals surface area contributed by atoms with Crippen LogP contribution in [0.15, 0.2) is 127 Å². The lowest BCUT2D eigenvalue weighted by molar-refractivity contribution is -0.135. The Balaban J connectivity index is 1.35. The predicted molar refractivity (Wildman–Crippen MR) is 173 cm³/mol. The van der Waals surface area contributed by atoms with Crippen LogP contribution in [0.1, 0.15) is 50.8 Å². The van der Waals surface area contributed by atoms with Crippen molar-refractivity contribution in [3.05, 3.63) is 161 Å². The Kier molecular flexibility index (Phi) is 8.93. The maximum atomic E-state index is 14.5. The largest absolute Gasteiger partial charge is 0.464 e. The summed E-state index contributed by atoms with van der Waals surface area (Å²) in [6.45, 7) is 0.534. The Morgan fingerprint density at radius 3 is 2.23 bits per heavy atom. The van der Waals surface area contributed by atoms with Crippen molar-refractivity contribution in [1.82, 2.24) is 9.88 Å². The van der Waals surface area contributed by atoms with Gasteiger partial charge in [-0.2, -0.15) is 0 Å². The van der Waals surface area contributed by atoms with E-state index in [1.807, 2.05) is 48.5 Å². The van der Waals surface area contributed by atoms with Crippen LogP contribution in [0.25, 0.3) is 11.3 Å². The average molecular weight is 581 g/mol. The first-order valence-corrected chi connectivity index (χ1v) is 15.2. The number of methoxy groups -OCH3 is 1. The summed E-state index contributed by atoms with van der Waals surface area (Å²) in [4.78, 5) is 33.2. The quantitative estimate of drug-likeness (QED) is 0.168. The molecule has 0 saturated carbocycles. The minimum absolute atomic E-state index is 0.0468. The molecule has 0 radical (unpaired) electrons. The number of hydrogen-bond donors (Lipinski definition) is 0. The summed E-state index contributed by atoms with van der Waals surface area (Å²) < 4.78 is 4.86. The molecule has 0 bridgehead atoms. The van der Waals surface area contributed by atoms with E-state index in [0.717, 1.165) is 36.0 Å². The second-order valence-corrected chi connectivity index (χ2v) is 11.4. The van der Waals surface area contributed by atoms with Gasteiger partial charge in [0.15, 0.2) is 0 Å². The molecule has 2 atom stereocenters. The van der Waals surface area contributed by atoms with E-state index in [1.54, 1.807) is 12.1 Å². The molecule has 1 amide bonds. The number of aryl methyl sites for hydroxylation is 1. The minimum Gasteiger partial charge on any atom is -0.464 e. The van der Waals surface area contributed by atoms with Crippen molar-refractivity contribution in [1.29, 1.82) is 0 Å². The molecule has 1 aliphatic carbocycles. The summed E-state index contributed by atoms with van der Waals surface area (Å²) in [6, 6.07) is 42.7. The fourth-order valence-electron chi connectivity index (χ4n) is 6.41. The Hall–Kier alpha value is -5.03. The van der Waals surface area contributed by atoms with Crippen LogP contribution < -0.4 is 0 Å². The number of pyridine rings is 1. The molecule has 44 heavy (non-hydrogen) atoms. The van der Waals surface area contributed by atoms with Gasteiger partial charge in [-0.1, -0.05) is 109 Å². The normalized spacial score (nSPS) is 15.7. The first kappa shape index (κ1) is 29.1. The van der Waals surface area contributed by atoms with Gasteiger partial charge < -0.3 is 9.64 Å². The maximum absolute atomic E-state index is 14.5. The Morgan fingerprint density at radius 2 is 1.45 bits per heavy atom.